The summed E-state index contributed by atoms with van der Waals surface area (Å²) in [6, 6.07) is 21.4. The van der Waals surface area contributed by atoms with E-state index in [1.807, 2.05) is 0 Å². The van der Waals surface area contributed by atoms with Gasteiger partial charge in [-0.1, -0.05) is 0 Å². The summed E-state index contributed by atoms with van der Waals surface area (Å²) in [5, 5.41) is 0. The summed E-state index contributed by atoms with van der Waals surface area (Å²) in [4.78, 5) is 0. The van der Waals surface area contributed by atoms with Gasteiger partial charge in [0.15, 0.2) is 0 Å². The first-order chi connectivity index (χ1) is 8.86. The van der Waals surface area contributed by atoms with Crippen LogP contribution in [0.1, 0.15) is 17.0 Å². The minimum atomic E-state index is 0. The quantitative estimate of drug-likeness (QED) is 0.676. The van der Waals surface area contributed by atoms with E-state index in [1.54, 1.807) is 0 Å². The normalized spacial score (nSPS) is 16.4. The molecule has 0 amide bonds. The van der Waals surface area contributed by atoms with Crippen LogP contribution < -0.4 is 0 Å². The van der Waals surface area contributed by atoms with Crippen molar-refractivity contribution in [1.82, 2.24) is 0 Å². The summed E-state index contributed by atoms with van der Waals surface area (Å²) in [5.41, 5.74) is 4.13. The van der Waals surface area contributed by atoms with Crippen LogP contribution in [0.4, 0.5) is 0 Å². The molecule has 0 N–H and O–H groups in total. The second-order valence-corrected chi connectivity index (χ2v) is 5.76. The molecule has 1 aliphatic rings. The van der Waals surface area contributed by atoms with Crippen LogP contribution in [-0.2, 0) is 24.7 Å². The van der Waals surface area contributed by atoms with Gasteiger partial charge in [-0.25, -0.2) is 0 Å². The van der Waals surface area contributed by atoms with Crippen molar-refractivity contribution in [2.45, 2.75) is 5.92 Å². The molecular formula is C17H15Cl2Zr. The van der Waals surface area contributed by atoms with E-state index in [-0.39, 0.29) is 24.8 Å². The second-order valence-electron chi connectivity index (χ2n) is 4.44. The first kappa shape index (κ1) is 17.4. The number of allylic oxidation sites excluding steroid dienone is 4. The van der Waals surface area contributed by atoms with Crippen molar-refractivity contribution in [1.29, 1.82) is 0 Å². The Balaban J connectivity index is 0.000001000. The van der Waals surface area contributed by atoms with E-state index < -0.39 is 0 Å². The fraction of sp³-hybridized carbons (Fsp3) is 0.0588. The van der Waals surface area contributed by atoms with Crippen molar-refractivity contribution < 1.29 is 24.7 Å². The van der Waals surface area contributed by atoms with Gasteiger partial charge in [-0.05, 0) is 0 Å². The van der Waals surface area contributed by atoms with Gasteiger partial charge in [0.2, 0.25) is 0 Å². The molecule has 0 saturated heterocycles. The zero-order valence-corrected chi connectivity index (χ0v) is 14.9. The molecule has 3 heteroatoms. The molecule has 20 heavy (non-hydrogen) atoms. The van der Waals surface area contributed by atoms with E-state index in [0.29, 0.717) is 5.92 Å². The van der Waals surface area contributed by atoms with Crippen molar-refractivity contribution in [2.24, 2.45) is 0 Å². The van der Waals surface area contributed by atoms with Crippen LogP contribution in [-0.4, -0.2) is 0 Å². The zero-order chi connectivity index (χ0) is 12.4. The van der Waals surface area contributed by atoms with Gasteiger partial charge in [-0.15, -0.1) is 24.8 Å². The third kappa shape index (κ3) is 3.52. The van der Waals surface area contributed by atoms with Crippen LogP contribution in [0.25, 0.3) is 5.57 Å². The molecule has 2 aromatic rings. The molecule has 0 fully saturated rings. The number of benzene rings is 2. The number of rotatable bonds is 2. The van der Waals surface area contributed by atoms with Gasteiger partial charge in [0, 0.05) is 0 Å². The Labute approximate surface area is 147 Å². The molecule has 1 aliphatic carbocycles. The van der Waals surface area contributed by atoms with E-state index in [1.165, 1.54) is 44.7 Å². The standard InChI is InChI=1S/C17H13.2ClH.Zr/c1-3-7-14(8-4-1)16-11-12-17(13-16)15-9-5-2-6-10-15;;;/h1-12,16H;2*1H;. The molecule has 0 aromatic heterocycles. The molecule has 0 bridgehead atoms. The summed E-state index contributed by atoms with van der Waals surface area (Å²) in [7, 11) is 0. The molecule has 101 valence electrons. The Morgan fingerprint density at radius 1 is 0.750 bits per heavy atom. The van der Waals surface area contributed by atoms with Crippen LogP contribution in [0, 0.1) is 0 Å². The zero-order valence-electron chi connectivity index (χ0n) is 10.8. The number of hydrogen-bond acceptors (Lipinski definition) is 0. The third-order valence-electron chi connectivity index (χ3n) is 3.30. The summed E-state index contributed by atoms with van der Waals surface area (Å²) in [6.45, 7) is 0. The first-order valence-corrected chi connectivity index (χ1v) is 7.33. The van der Waals surface area contributed by atoms with E-state index in [2.05, 4.69) is 72.8 Å². The van der Waals surface area contributed by atoms with Gasteiger partial charge in [0.05, 0.1) is 0 Å². The van der Waals surface area contributed by atoms with Crippen molar-refractivity contribution >= 4 is 30.4 Å². The molecule has 1 atom stereocenters. The van der Waals surface area contributed by atoms with Gasteiger partial charge in [0.1, 0.15) is 0 Å². The second kappa shape index (κ2) is 7.98. The van der Waals surface area contributed by atoms with Crippen molar-refractivity contribution in [3.8, 4) is 0 Å². The Morgan fingerprint density at radius 3 is 1.90 bits per heavy atom. The van der Waals surface area contributed by atoms with Crippen LogP contribution >= 0.6 is 24.8 Å². The van der Waals surface area contributed by atoms with Gasteiger partial charge >= 0.3 is 123 Å². The van der Waals surface area contributed by atoms with E-state index in [9.17, 15) is 0 Å². The average Bonchev–Trinajstić information content (AvgIpc) is 2.83. The Bertz CT molecular complexity index is 603. The van der Waals surface area contributed by atoms with Crippen LogP contribution in [0.3, 0.4) is 0 Å². The molecule has 0 heterocycles. The molecule has 1 unspecified atom stereocenters. The molecule has 0 aliphatic heterocycles. The van der Waals surface area contributed by atoms with Crippen LogP contribution in [0.5, 0.6) is 0 Å². The Morgan fingerprint density at radius 2 is 1.30 bits per heavy atom. The van der Waals surface area contributed by atoms with Gasteiger partial charge in [-0.3, -0.25) is 0 Å². The van der Waals surface area contributed by atoms with Crippen LogP contribution in [0.2, 0.25) is 0 Å². The monoisotopic (exact) mass is 379 g/mol. The maximum absolute atomic E-state index is 2.32. The summed E-state index contributed by atoms with van der Waals surface area (Å²) >= 11 is 1.50. The fourth-order valence-electron chi connectivity index (χ4n) is 2.35. The predicted octanol–water partition coefficient (Wildman–Crippen LogP) is 5.14. The fourth-order valence-corrected chi connectivity index (χ4v) is 3.56. The third-order valence-corrected chi connectivity index (χ3v) is 4.73. The summed E-state index contributed by atoms with van der Waals surface area (Å²) in [5.74, 6) is 0.472. The Hall–Kier alpha value is -0.617. The first-order valence-electron chi connectivity index (χ1n) is 6.10. The van der Waals surface area contributed by atoms with Crippen molar-refractivity contribution in [3.05, 3.63) is 87.2 Å². The topological polar surface area (TPSA) is 0 Å². The van der Waals surface area contributed by atoms with Crippen LogP contribution in [0.15, 0.2) is 76.1 Å². The maximum atomic E-state index is 2.32. The summed E-state index contributed by atoms with van der Waals surface area (Å²) in [6.07, 6.45) is 4.60. The SMILES string of the molecule is Cl.Cl.[Zr][C]1=C(c2ccccc2)C=CC1c1ccccc1. The predicted molar refractivity (Wildman–Crippen MR) is 86.2 cm³/mol. The Kier molecular flexibility index (Phi) is 6.96. The van der Waals surface area contributed by atoms with Gasteiger partial charge < -0.3 is 0 Å². The van der Waals surface area contributed by atoms with Gasteiger partial charge in [-0.2, -0.15) is 0 Å². The van der Waals surface area contributed by atoms with Gasteiger partial charge in [0.25, 0.3) is 0 Å². The van der Waals surface area contributed by atoms with Crippen molar-refractivity contribution in [3.63, 3.8) is 0 Å². The number of hydrogen-bond donors (Lipinski definition) is 0. The van der Waals surface area contributed by atoms with E-state index in [4.69, 9.17) is 0 Å². The molecule has 2 aromatic carbocycles. The molecule has 0 spiro atoms. The van der Waals surface area contributed by atoms with Crippen molar-refractivity contribution in [2.75, 3.05) is 0 Å². The van der Waals surface area contributed by atoms with E-state index in [0.717, 1.165) is 0 Å². The summed E-state index contributed by atoms with van der Waals surface area (Å²) < 4.78 is 1.53. The molecule has 3 rings (SSSR count). The molecular weight excluding hydrogens is 366 g/mol. The minimum absolute atomic E-state index is 0. The van der Waals surface area contributed by atoms with E-state index >= 15 is 0 Å². The molecule has 0 saturated carbocycles. The molecule has 0 nitrogen and oxygen atoms in total. The average molecular weight is 381 g/mol. The molecule has 0 radical (unpaired) electrons. The number of halogens is 2.